The van der Waals surface area contributed by atoms with Gasteiger partial charge in [0.15, 0.2) is 0 Å². The van der Waals surface area contributed by atoms with Crippen LogP contribution in [0.3, 0.4) is 0 Å². The van der Waals surface area contributed by atoms with Crippen LogP contribution in [0.4, 0.5) is 21.5 Å². The number of halogens is 1. The van der Waals surface area contributed by atoms with Crippen LogP contribution in [0.25, 0.3) is 55.3 Å². The zero-order valence-electron chi connectivity index (χ0n) is 33.4. The van der Waals surface area contributed by atoms with E-state index in [2.05, 4.69) is 235 Å². The molecule has 0 spiro atoms. The van der Waals surface area contributed by atoms with E-state index < -0.39 is 5.41 Å². The summed E-state index contributed by atoms with van der Waals surface area (Å²) in [5.74, 6) is -0.259. The molecule has 0 unspecified atom stereocenters. The Morgan fingerprint density at radius 2 is 0.787 bits per heavy atom. The molecule has 1 aliphatic carbocycles. The molecule has 1 aliphatic rings. The molecular weight excluding hydrogens is 742 g/mol. The zero-order chi connectivity index (χ0) is 40.8. The third kappa shape index (κ3) is 6.15. The third-order valence-electron chi connectivity index (χ3n) is 12.4. The maximum Gasteiger partial charge on any atom is 0.124 e. The summed E-state index contributed by atoms with van der Waals surface area (Å²) in [6, 6.07) is 85.4. The van der Waals surface area contributed by atoms with Crippen molar-refractivity contribution in [2.45, 2.75) is 5.41 Å². The number of rotatable bonds is 8. The van der Waals surface area contributed by atoms with Crippen molar-refractivity contribution in [1.82, 2.24) is 0 Å². The molecular formula is C59H40FN. The van der Waals surface area contributed by atoms with Gasteiger partial charge in [0.05, 0.1) is 5.41 Å². The summed E-state index contributed by atoms with van der Waals surface area (Å²) >= 11 is 0. The molecule has 0 aliphatic heterocycles. The van der Waals surface area contributed by atoms with Crippen molar-refractivity contribution in [2.24, 2.45) is 0 Å². The Hall–Kier alpha value is -7.81. The summed E-state index contributed by atoms with van der Waals surface area (Å²) in [5, 5.41) is 2.21. The number of anilines is 3. The molecule has 0 fully saturated rings. The summed E-state index contributed by atoms with van der Waals surface area (Å²) < 4.78 is 16.5. The van der Waals surface area contributed by atoms with E-state index in [1.165, 1.54) is 0 Å². The van der Waals surface area contributed by atoms with E-state index in [4.69, 9.17) is 0 Å². The quantitative estimate of drug-likeness (QED) is 0.148. The zero-order valence-corrected chi connectivity index (χ0v) is 33.4. The molecule has 0 N–H and O–H groups in total. The largest absolute Gasteiger partial charge is 0.310 e. The van der Waals surface area contributed by atoms with Crippen LogP contribution in [0.2, 0.25) is 0 Å². The highest BCUT2D eigenvalue weighted by atomic mass is 19.1. The molecule has 2 heteroatoms. The van der Waals surface area contributed by atoms with Gasteiger partial charge in [-0.3, -0.25) is 0 Å². The van der Waals surface area contributed by atoms with Crippen LogP contribution in [0.5, 0.6) is 0 Å². The molecule has 0 amide bonds. The van der Waals surface area contributed by atoms with Crippen LogP contribution >= 0.6 is 0 Å². The molecule has 1 nitrogen and oxygen atoms in total. The van der Waals surface area contributed by atoms with Crippen molar-refractivity contribution in [2.75, 3.05) is 4.90 Å². The van der Waals surface area contributed by atoms with Crippen molar-refractivity contribution in [3.63, 3.8) is 0 Å². The first-order chi connectivity index (χ1) is 30.2. The van der Waals surface area contributed by atoms with Crippen LogP contribution < -0.4 is 4.90 Å². The minimum absolute atomic E-state index is 0.259. The van der Waals surface area contributed by atoms with Gasteiger partial charge in [0.1, 0.15) is 5.82 Å². The van der Waals surface area contributed by atoms with Gasteiger partial charge in [-0.15, -0.1) is 0 Å². The van der Waals surface area contributed by atoms with Gasteiger partial charge in [0.2, 0.25) is 0 Å². The first-order valence-corrected chi connectivity index (χ1v) is 20.9. The number of hydrogen-bond acceptors (Lipinski definition) is 1. The number of hydrogen-bond donors (Lipinski definition) is 0. The summed E-state index contributed by atoms with van der Waals surface area (Å²) in [4.78, 5) is 2.37. The van der Waals surface area contributed by atoms with E-state index in [-0.39, 0.29) is 5.82 Å². The van der Waals surface area contributed by atoms with Crippen molar-refractivity contribution in [3.05, 3.63) is 271 Å². The first-order valence-electron chi connectivity index (χ1n) is 20.9. The van der Waals surface area contributed by atoms with Crippen molar-refractivity contribution < 1.29 is 4.39 Å². The van der Waals surface area contributed by atoms with Crippen LogP contribution in [-0.2, 0) is 5.41 Å². The predicted octanol–water partition coefficient (Wildman–Crippen LogP) is 15.8. The predicted molar refractivity (Wildman–Crippen MR) is 252 cm³/mol. The van der Waals surface area contributed by atoms with Gasteiger partial charge in [0.25, 0.3) is 0 Å². The highest BCUT2D eigenvalue weighted by molar-refractivity contribution is 6.02. The van der Waals surface area contributed by atoms with Crippen LogP contribution in [0.1, 0.15) is 22.3 Å². The molecule has 61 heavy (non-hydrogen) atoms. The van der Waals surface area contributed by atoms with Crippen molar-refractivity contribution in [3.8, 4) is 44.5 Å². The first kappa shape index (κ1) is 36.3. The lowest BCUT2D eigenvalue weighted by Crippen LogP contribution is -2.29. The van der Waals surface area contributed by atoms with E-state index in [0.29, 0.717) is 0 Å². The summed E-state index contributed by atoms with van der Waals surface area (Å²) in [7, 11) is 0. The van der Waals surface area contributed by atoms with Gasteiger partial charge in [-0.2, -0.15) is 0 Å². The fourth-order valence-electron chi connectivity index (χ4n) is 9.75. The average Bonchev–Trinajstić information content (AvgIpc) is 3.62. The normalized spacial score (nSPS) is 12.5. The van der Waals surface area contributed by atoms with Crippen molar-refractivity contribution >= 4 is 27.8 Å². The molecule has 0 atom stereocenters. The fourth-order valence-corrected chi connectivity index (χ4v) is 9.75. The average molecular weight is 782 g/mol. The van der Waals surface area contributed by atoms with Gasteiger partial charge >= 0.3 is 0 Å². The maximum absolute atomic E-state index is 16.5. The van der Waals surface area contributed by atoms with Gasteiger partial charge in [-0.1, -0.05) is 194 Å². The minimum atomic E-state index is -0.799. The Bertz CT molecular complexity index is 3070. The highest BCUT2D eigenvalue weighted by Crippen LogP contribution is 2.60. The summed E-state index contributed by atoms with van der Waals surface area (Å²) in [6.45, 7) is 0. The number of fused-ring (bicyclic) bond motifs is 4. The lowest BCUT2D eigenvalue weighted by molar-refractivity contribution is 0.627. The Kier molecular flexibility index (Phi) is 8.98. The van der Waals surface area contributed by atoms with E-state index in [1.807, 2.05) is 0 Å². The van der Waals surface area contributed by atoms with E-state index in [1.54, 1.807) is 12.1 Å². The molecule has 11 rings (SSSR count). The molecule has 10 aromatic rings. The molecule has 0 bridgehead atoms. The van der Waals surface area contributed by atoms with E-state index in [9.17, 15) is 0 Å². The minimum Gasteiger partial charge on any atom is -0.310 e. The molecule has 0 saturated heterocycles. The fraction of sp³-hybridized carbons (Fsp3) is 0.0169. The molecule has 0 radical (unpaired) electrons. The van der Waals surface area contributed by atoms with Crippen LogP contribution in [-0.4, -0.2) is 0 Å². The van der Waals surface area contributed by atoms with Gasteiger partial charge in [0, 0.05) is 17.1 Å². The van der Waals surface area contributed by atoms with Gasteiger partial charge in [-0.25, -0.2) is 4.39 Å². The molecule has 288 valence electrons. The van der Waals surface area contributed by atoms with Crippen LogP contribution in [0, 0.1) is 5.82 Å². The second kappa shape index (κ2) is 15.1. The SMILES string of the molecule is Fc1cc2c(c(-c3cccc4ccccc34)c1)C(c1ccccc1)(c1ccccc1)c1cc(N(c3cccc(-c4ccccc4)c3)c3cccc(-c4ccccc4)c3)ccc1-2. The lowest BCUT2D eigenvalue weighted by Gasteiger charge is -2.36. The van der Waals surface area contributed by atoms with E-state index in [0.717, 1.165) is 94.6 Å². The van der Waals surface area contributed by atoms with Gasteiger partial charge in [-0.05, 0) is 126 Å². The topological polar surface area (TPSA) is 3.24 Å². The number of nitrogens with zero attached hydrogens (tertiary/aromatic N) is 1. The van der Waals surface area contributed by atoms with Gasteiger partial charge < -0.3 is 4.90 Å². The highest BCUT2D eigenvalue weighted by Gasteiger charge is 2.48. The molecule has 10 aromatic carbocycles. The molecule has 0 aromatic heterocycles. The molecule has 0 heterocycles. The summed E-state index contributed by atoms with van der Waals surface area (Å²) in [6.07, 6.45) is 0. The number of benzene rings is 10. The lowest BCUT2D eigenvalue weighted by atomic mass is 9.66. The Balaban J connectivity index is 1.22. The Labute approximate surface area is 356 Å². The Morgan fingerprint density at radius 1 is 0.328 bits per heavy atom. The Morgan fingerprint density at radius 3 is 1.38 bits per heavy atom. The second-order valence-corrected chi connectivity index (χ2v) is 15.8. The standard InChI is InChI=1S/C59H40FN/c60-48-38-55(53-33-17-23-43-22-13-14-32-52(43)53)58-56(39-48)54-35-34-51(40-57(54)59(58,46-26-9-3-10-27-46)47-28-11-4-12-29-47)61(49-30-15-24-44(36-49)41-18-5-1-6-19-41)50-31-16-25-45(37-50)42-20-7-2-8-21-42/h1-40H. The van der Waals surface area contributed by atoms with Crippen molar-refractivity contribution in [1.29, 1.82) is 0 Å². The monoisotopic (exact) mass is 781 g/mol. The van der Waals surface area contributed by atoms with E-state index >= 15 is 4.39 Å². The smallest absolute Gasteiger partial charge is 0.124 e. The second-order valence-electron chi connectivity index (χ2n) is 15.8. The molecule has 0 saturated carbocycles. The van der Waals surface area contributed by atoms with Crippen LogP contribution in [0.15, 0.2) is 243 Å². The summed E-state index contributed by atoms with van der Waals surface area (Å²) in [5.41, 5.74) is 15.1. The third-order valence-corrected chi connectivity index (χ3v) is 12.4. The maximum atomic E-state index is 16.5.